The van der Waals surface area contributed by atoms with E-state index < -0.39 is 0 Å². The molecule has 0 spiro atoms. The highest BCUT2D eigenvalue weighted by Crippen LogP contribution is 1.75. The van der Waals surface area contributed by atoms with Crippen LogP contribution in [0.2, 0.25) is 0 Å². The van der Waals surface area contributed by atoms with Gasteiger partial charge in [0.1, 0.15) is 6.61 Å². The summed E-state index contributed by atoms with van der Waals surface area (Å²) in [5.74, 6) is 0. The smallest absolute Gasteiger partial charge is 0.195 e. The van der Waals surface area contributed by atoms with Crippen LogP contribution in [-0.4, -0.2) is 19.2 Å². The molecule has 0 bridgehead atoms. The number of nitrogens with zero attached hydrogens (tertiary/aromatic N) is 2. The van der Waals surface area contributed by atoms with E-state index in [0.29, 0.717) is 6.61 Å². The molecule has 0 saturated carbocycles. The predicted molar refractivity (Wildman–Crippen MR) is 22.9 cm³/mol. The largest absolute Gasteiger partial charge is 0.476 e. The Morgan fingerprint density at radius 3 is 2.67 bits per heavy atom. The molecule has 1 aliphatic rings. The van der Waals surface area contributed by atoms with Crippen LogP contribution in [0.1, 0.15) is 0 Å². The van der Waals surface area contributed by atoms with Gasteiger partial charge < -0.3 is 4.74 Å². The molecule has 0 aromatic carbocycles. The Kier molecular flexibility index (Phi) is 0.859. The minimum absolute atomic E-state index is 0.559. The van der Waals surface area contributed by atoms with E-state index in [1.165, 1.54) is 6.40 Å². The van der Waals surface area contributed by atoms with Crippen LogP contribution in [0.4, 0.5) is 0 Å². The van der Waals surface area contributed by atoms with Crippen molar-refractivity contribution in [3.05, 3.63) is 0 Å². The number of ether oxygens (including phenoxy) is 1. The molecular formula is C3H4N2O. The fourth-order valence-electron chi connectivity index (χ4n) is 0.227. The molecule has 0 aromatic rings. The molecule has 0 N–H and O–H groups in total. The molecule has 1 rings (SSSR count). The maximum absolute atomic E-state index is 4.63. The predicted octanol–water partition coefficient (Wildman–Crippen LogP) is 0.0307. The van der Waals surface area contributed by atoms with Crippen LogP contribution >= 0.6 is 0 Å². The van der Waals surface area contributed by atoms with Crippen LogP contribution in [0.15, 0.2) is 10.2 Å². The molecule has 0 atom stereocenters. The molecule has 0 unspecified atom stereocenters. The Hall–Kier alpha value is -0.860. The van der Waals surface area contributed by atoms with E-state index in [9.17, 15) is 0 Å². The molecule has 0 radical (unpaired) electrons. The fourth-order valence-corrected chi connectivity index (χ4v) is 0.227. The molecular weight excluding hydrogens is 80.0 g/mol. The van der Waals surface area contributed by atoms with Crippen LogP contribution < -0.4 is 0 Å². The summed E-state index contributed by atoms with van der Waals surface area (Å²) in [5, 5.41) is 6.90. The third kappa shape index (κ3) is 0.544. The summed E-state index contributed by atoms with van der Waals surface area (Å²) in [5.41, 5.74) is 0. The SMILES string of the molecule is C1=NN=COC1. The van der Waals surface area contributed by atoms with Crippen LogP contribution in [0.25, 0.3) is 0 Å². The molecule has 0 fully saturated rings. The maximum Gasteiger partial charge on any atom is 0.195 e. The van der Waals surface area contributed by atoms with Crippen LogP contribution in [0, 0.1) is 0 Å². The summed E-state index contributed by atoms with van der Waals surface area (Å²) in [6, 6.07) is 0. The topological polar surface area (TPSA) is 34.0 Å². The van der Waals surface area contributed by atoms with Crippen molar-refractivity contribution in [1.82, 2.24) is 0 Å². The summed E-state index contributed by atoms with van der Waals surface area (Å²) in [6.07, 6.45) is 2.92. The van der Waals surface area contributed by atoms with Crippen molar-refractivity contribution in [1.29, 1.82) is 0 Å². The molecule has 1 heterocycles. The van der Waals surface area contributed by atoms with E-state index in [4.69, 9.17) is 0 Å². The summed E-state index contributed by atoms with van der Waals surface area (Å²) in [4.78, 5) is 0. The van der Waals surface area contributed by atoms with Crippen molar-refractivity contribution < 1.29 is 4.74 Å². The minimum atomic E-state index is 0.559. The van der Waals surface area contributed by atoms with E-state index in [1.54, 1.807) is 6.21 Å². The Bertz CT molecular complexity index is 74.8. The highest BCUT2D eigenvalue weighted by atomic mass is 16.5. The molecule has 0 amide bonds. The van der Waals surface area contributed by atoms with Gasteiger partial charge >= 0.3 is 0 Å². The second-order valence-corrected chi connectivity index (χ2v) is 0.852. The third-order valence-electron chi connectivity index (χ3n) is 0.441. The van der Waals surface area contributed by atoms with Gasteiger partial charge in [-0.25, -0.2) is 0 Å². The first-order valence-electron chi connectivity index (χ1n) is 1.65. The molecule has 32 valence electrons. The third-order valence-corrected chi connectivity index (χ3v) is 0.441. The van der Waals surface area contributed by atoms with Crippen molar-refractivity contribution in [3.63, 3.8) is 0 Å². The molecule has 0 aliphatic carbocycles. The molecule has 0 aromatic heterocycles. The first-order valence-corrected chi connectivity index (χ1v) is 1.65. The van der Waals surface area contributed by atoms with Crippen molar-refractivity contribution in [2.45, 2.75) is 0 Å². The Morgan fingerprint density at radius 1 is 1.50 bits per heavy atom. The van der Waals surface area contributed by atoms with Crippen molar-refractivity contribution >= 4 is 12.6 Å². The molecule has 0 saturated heterocycles. The molecule has 1 aliphatic heterocycles. The first kappa shape index (κ1) is 3.33. The molecule has 3 heteroatoms. The Labute approximate surface area is 35.3 Å². The van der Waals surface area contributed by atoms with E-state index in [2.05, 4.69) is 14.9 Å². The van der Waals surface area contributed by atoms with Gasteiger partial charge in [0.2, 0.25) is 0 Å². The lowest BCUT2D eigenvalue weighted by molar-refractivity contribution is 0.378. The average Bonchev–Trinajstić information content (AvgIpc) is 1.72. The lowest BCUT2D eigenvalue weighted by Crippen LogP contribution is -1.95. The Morgan fingerprint density at radius 2 is 2.50 bits per heavy atom. The van der Waals surface area contributed by atoms with Crippen molar-refractivity contribution in [3.8, 4) is 0 Å². The van der Waals surface area contributed by atoms with Crippen LogP contribution in [-0.2, 0) is 4.74 Å². The summed E-state index contributed by atoms with van der Waals surface area (Å²) in [6.45, 7) is 0.559. The fraction of sp³-hybridized carbons (Fsp3) is 0.333. The monoisotopic (exact) mass is 84.0 g/mol. The summed E-state index contributed by atoms with van der Waals surface area (Å²) < 4.78 is 4.63. The lowest BCUT2D eigenvalue weighted by Gasteiger charge is -1.92. The quantitative estimate of drug-likeness (QED) is 0.407. The van der Waals surface area contributed by atoms with Gasteiger partial charge in [-0.2, -0.15) is 5.10 Å². The maximum atomic E-state index is 4.63. The van der Waals surface area contributed by atoms with E-state index in [1.807, 2.05) is 0 Å². The zero-order valence-electron chi connectivity index (χ0n) is 3.16. The summed E-state index contributed by atoms with van der Waals surface area (Å²) in [7, 11) is 0. The normalized spacial score (nSPS) is 17.3. The van der Waals surface area contributed by atoms with Gasteiger partial charge in [0, 0.05) is 0 Å². The number of rotatable bonds is 0. The highest BCUT2D eigenvalue weighted by Gasteiger charge is 1.77. The Balaban J connectivity index is 2.46. The van der Waals surface area contributed by atoms with Gasteiger partial charge in [-0.3, -0.25) is 0 Å². The van der Waals surface area contributed by atoms with Crippen molar-refractivity contribution in [2.24, 2.45) is 10.2 Å². The highest BCUT2D eigenvalue weighted by molar-refractivity contribution is 5.64. The van der Waals surface area contributed by atoms with E-state index in [-0.39, 0.29) is 0 Å². The van der Waals surface area contributed by atoms with Gasteiger partial charge in [0.25, 0.3) is 0 Å². The second kappa shape index (κ2) is 1.55. The zero-order chi connectivity index (χ0) is 4.24. The number of hydrogen-bond donors (Lipinski definition) is 0. The van der Waals surface area contributed by atoms with Crippen molar-refractivity contribution in [2.75, 3.05) is 6.61 Å². The standard InChI is InChI=1S/C3H4N2O/c1-2-6-3-5-4-1/h1,3H,2H2. The summed E-state index contributed by atoms with van der Waals surface area (Å²) >= 11 is 0. The number of hydrogen-bond acceptors (Lipinski definition) is 3. The zero-order valence-corrected chi connectivity index (χ0v) is 3.16. The van der Waals surface area contributed by atoms with Crippen LogP contribution in [0.3, 0.4) is 0 Å². The second-order valence-electron chi connectivity index (χ2n) is 0.852. The lowest BCUT2D eigenvalue weighted by atomic mass is 10.8. The minimum Gasteiger partial charge on any atom is -0.476 e. The van der Waals surface area contributed by atoms with Gasteiger partial charge in [0.05, 0.1) is 6.21 Å². The van der Waals surface area contributed by atoms with Gasteiger partial charge in [-0.15, -0.1) is 5.10 Å². The van der Waals surface area contributed by atoms with Crippen LogP contribution in [0.5, 0.6) is 0 Å². The van der Waals surface area contributed by atoms with E-state index >= 15 is 0 Å². The average molecular weight is 84.1 g/mol. The molecule has 3 nitrogen and oxygen atoms in total. The van der Waals surface area contributed by atoms with Gasteiger partial charge in [0.15, 0.2) is 6.40 Å². The van der Waals surface area contributed by atoms with E-state index in [0.717, 1.165) is 0 Å². The molecule has 6 heavy (non-hydrogen) atoms. The first-order chi connectivity index (χ1) is 3.00. The van der Waals surface area contributed by atoms with Gasteiger partial charge in [-0.1, -0.05) is 0 Å². The van der Waals surface area contributed by atoms with Gasteiger partial charge in [-0.05, 0) is 0 Å².